The lowest BCUT2D eigenvalue weighted by atomic mass is 10.2. The smallest absolute Gasteiger partial charge is 0.0971 e. The van der Waals surface area contributed by atoms with Crippen molar-refractivity contribution in [2.45, 2.75) is 32.6 Å². The molecule has 4 heteroatoms. The molecule has 0 bridgehead atoms. The molecule has 0 aromatic heterocycles. The SMILES string of the molecule is C=CC[N+](C)(CC=C)CCCCCC.C[NH+](C)C.[Br-].[Br-]. The van der Waals surface area contributed by atoms with Gasteiger partial charge in [0, 0.05) is 0 Å². The Bertz CT molecular complexity index is 194. The van der Waals surface area contributed by atoms with Crippen LogP contribution in [0.25, 0.3) is 0 Å². The van der Waals surface area contributed by atoms with Gasteiger partial charge in [0.05, 0.1) is 47.8 Å². The molecule has 0 atom stereocenters. The van der Waals surface area contributed by atoms with Crippen LogP contribution in [0.2, 0.25) is 0 Å². The van der Waals surface area contributed by atoms with Gasteiger partial charge in [-0.05, 0) is 25.0 Å². The lowest BCUT2D eigenvalue weighted by Gasteiger charge is -2.32. The van der Waals surface area contributed by atoms with E-state index in [1.54, 1.807) is 0 Å². The second-order valence-corrected chi connectivity index (χ2v) is 5.85. The highest BCUT2D eigenvalue weighted by Crippen LogP contribution is 2.08. The number of unbranched alkanes of at least 4 members (excludes halogenated alkanes) is 3. The van der Waals surface area contributed by atoms with E-state index in [0.717, 1.165) is 17.6 Å². The molecule has 0 radical (unpaired) electrons. The van der Waals surface area contributed by atoms with E-state index < -0.39 is 0 Å². The summed E-state index contributed by atoms with van der Waals surface area (Å²) in [4.78, 5) is 1.42. The molecule has 1 N–H and O–H groups in total. The molecular formula is C16H36Br2N2. The van der Waals surface area contributed by atoms with Gasteiger partial charge in [0.2, 0.25) is 0 Å². The second kappa shape index (κ2) is 19.4. The Morgan fingerprint density at radius 3 is 1.60 bits per heavy atom. The third-order valence-electron chi connectivity index (χ3n) is 2.69. The van der Waals surface area contributed by atoms with Crippen LogP contribution in [0, 0.1) is 0 Å². The maximum absolute atomic E-state index is 3.82. The average molecular weight is 416 g/mol. The summed E-state index contributed by atoms with van der Waals surface area (Å²) >= 11 is 0. The molecule has 2 nitrogen and oxygen atoms in total. The predicted octanol–water partition coefficient (Wildman–Crippen LogP) is -3.85. The lowest BCUT2D eigenvalue weighted by Crippen LogP contribution is -3.02. The van der Waals surface area contributed by atoms with Gasteiger partial charge in [-0.15, -0.1) is 0 Å². The summed E-state index contributed by atoms with van der Waals surface area (Å²) < 4.78 is 1.07. The maximum atomic E-state index is 3.82. The number of nitrogens with zero attached hydrogens (tertiary/aromatic N) is 1. The first-order chi connectivity index (χ1) is 8.41. The van der Waals surface area contributed by atoms with Crippen molar-refractivity contribution in [1.82, 2.24) is 0 Å². The standard InChI is InChI=1S/C13H26N.C3H9N.2BrH/c1-5-8-9-10-13-14(4,11-6-2)12-7-3;1-4(2)3;;/h6-7H,2-3,5,8-13H2,1,4H3;1-3H3;2*1H/q+1;;;/p-1. The second-order valence-electron chi connectivity index (χ2n) is 5.85. The summed E-state index contributed by atoms with van der Waals surface area (Å²) in [6.07, 6.45) is 9.39. The highest BCUT2D eigenvalue weighted by Gasteiger charge is 2.16. The van der Waals surface area contributed by atoms with E-state index in [9.17, 15) is 0 Å². The number of halogens is 2. The van der Waals surface area contributed by atoms with Gasteiger partial charge in [0.1, 0.15) is 0 Å². The van der Waals surface area contributed by atoms with Crippen LogP contribution in [0.5, 0.6) is 0 Å². The minimum absolute atomic E-state index is 0. The number of likely N-dealkylation sites (N-methyl/N-ethyl adjacent to an activating group) is 1. The predicted molar refractivity (Wildman–Crippen MR) is 84.1 cm³/mol. The van der Waals surface area contributed by atoms with Crippen molar-refractivity contribution >= 4 is 0 Å². The van der Waals surface area contributed by atoms with Crippen LogP contribution in [0.15, 0.2) is 25.3 Å². The van der Waals surface area contributed by atoms with Gasteiger partial charge >= 0.3 is 0 Å². The van der Waals surface area contributed by atoms with Crippen LogP contribution in [-0.4, -0.2) is 52.3 Å². The number of hydrogen-bond donors (Lipinski definition) is 1. The molecule has 124 valence electrons. The van der Waals surface area contributed by atoms with E-state index in [2.05, 4.69) is 48.3 Å². The highest BCUT2D eigenvalue weighted by molar-refractivity contribution is 4.70. The molecule has 0 aliphatic rings. The summed E-state index contributed by atoms with van der Waals surface area (Å²) in [6, 6.07) is 0. The van der Waals surface area contributed by atoms with Crippen molar-refractivity contribution < 1.29 is 43.3 Å². The van der Waals surface area contributed by atoms with Crippen molar-refractivity contribution in [3.8, 4) is 0 Å². The Labute approximate surface area is 149 Å². The molecule has 0 aromatic rings. The summed E-state index contributed by atoms with van der Waals surface area (Å²) in [5, 5.41) is 0. The topological polar surface area (TPSA) is 4.44 Å². The molecule has 0 fully saturated rings. The third-order valence-corrected chi connectivity index (χ3v) is 2.69. The zero-order chi connectivity index (χ0) is 14.4. The zero-order valence-corrected chi connectivity index (χ0v) is 17.4. The molecule has 0 aliphatic carbocycles. The molecule has 0 saturated carbocycles. The van der Waals surface area contributed by atoms with Gasteiger partial charge in [-0.25, -0.2) is 0 Å². The van der Waals surface area contributed by atoms with E-state index in [1.807, 2.05) is 12.2 Å². The van der Waals surface area contributed by atoms with E-state index in [1.165, 1.54) is 37.1 Å². The van der Waals surface area contributed by atoms with Gasteiger partial charge in [0.15, 0.2) is 0 Å². The zero-order valence-electron chi connectivity index (χ0n) is 14.2. The molecule has 0 aliphatic heterocycles. The first-order valence-electron chi connectivity index (χ1n) is 7.24. The van der Waals surface area contributed by atoms with Crippen LogP contribution in [0.4, 0.5) is 0 Å². The molecule has 0 aromatic carbocycles. The first-order valence-corrected chi connectivity index (χ1v) is 7.24. The highest BCUT2D eigenvalue weighted by atomic mass is 79.9. The molecular weight excluding hydrogens is 380 g/mol. The lowest BCUT2D eigenvalue weighted by molar-refractivity contribution is -0.898. The monoisotopic (exact) mass is 414 g/mol. The minimum atomic E-state index is 0. The van der Waals surface area contributed by atoms with E-state index in [4.69, 9.17) is 0 Å². The average Bonchev–Trinajstić information content (AvgIpc) is 2.24. The molecule has 0 rings (SSSR count). The van der Waals surface area contributed by atoms with Crippen LogP contribution < -0.4 is 38.9 Å². The summed E-state index contributed by atoms with van der Waals surface area (Å²) in [5.74, 6) is 0. The normalized spacial score (nSPS) is 9.70. The molecule has 0 unspecified atom stereocenters. The fraction of sp³-hybridized carbons (Fsp3) is 0.750. The number of quaternary nitrogens is 2. The largest absolute Gasteiger partial charge is 1.00 e. The minimum Gasteiger partial charge on any atom is -1.00 e. The molecule has 20 heavy (non-hydrogen) atoms. The molecule has 0 heterocycles. The summed E-state index contributed by atoms with van der Waals surface area (Å²) in [7, 11) is 8.54. The number of nitrogens with one attached hydrogen (secondary N) is 1. The van der Waals surface area contributed by atoms with E-state index in [0.29, 0.717) is 0 Å². The van der Waals surface area contributed by atoms with Gasteiger partial charge in [-0.2, -0.15) is 0 Å². The van der Waals surface area contributed by atoms with Crippen molar-refractivity contribution in [3.63, 3.8) is 0 Å². The van der Waals surface area contributed by atoms with Crippen LogP contribution in [0.3, 0.4) is 0 Å². The Balaban J connectivity index is -0.000000188. The fourth-order valence-corrected chi connectivity index (χ4v) is 1.80. The molecule has 0 spiro atoms. The van der Waals surface area contributed by atoms with Crippen LogP contribution >= 0.6 is 0 Å². The van der Waals surface area contributed by atoms with E-state index >= 15 is 0 Å². The van der Waals surface area contributed by atoms with Crippen LogP contribution in [0.1, 0.15) is 32.6 Å². The van der Waals surface area contributed by atoms with Gasteiger partial charge in [0.25, 0.3) is 0 Å². The van der Waals surface area contributed by atoms with Gasteiger partial charge in [-0.1, -0.05) is 32.9 Å². The van der Waals surface area contributed by atoms with E-state index in [-0.39, 0.29) is 34.0 Å². The Morgan fingerprint density at radius 1 is 0.900 bits per heavy atom. The Morgan fingerprint density at radius 2 is 1.30 bits per heavy atom. The van der Waals surface area contributed by atoms with Crippen molar-refractivity contribution in [2.75, 3.05) is 47.8 Å². The van der Waals surface area contributed by atoms with Crippen molar-refractivity contribution in [2.24, 2.45) is 0 Å². The summed E-state index contributed by atoms with van der Waals surface area (Å²) in [6.45, 7) is 13.3. The summed E-state index contributed by atoms with van der Waals surface area (Å²) in [5.41, 5.74) is 0. The Hall–Kier alpha value is 0.360. The van der Waals surface area contributed by atoms with Gasteiger partial charge < -0.3 is 43.3 Å². The number of rotatable bonds is 9. The molecule has 0 amide bonds. The van der Waals surface area contributed by atoms with Crippen molar-refractivity contribution in [1.29, 1.82) is 0 Å². The van der Waals surface area contributed by atoms with Crippen molar-refractivity contribution in [3.05, 3.63) is 25.3 Å². The van der Waals surface area contributed by atoms with Crippen LogP contribution in [-0.2, 0) is 0 Å². The first kappa shape index (κ1) is 28.5. The third kappa shape index (κ3) is 23.5. The fourth-order valence-electron chi connectivity index (χ4n) is 1.80. The Kier molecular flexibility index (Phi) is 27.6. The maximum Gasteiger partial charge on any atom is 0.0971 e. The molecule has 0 saturated heterocycles. The van der Waals surface area contributed by atoms with Gasteiger partial charge in [-0.3, -0.25) is 0 Å². The number of hydrogen-bond acceptors (Lipinski definition) is 0. The quantitative estimate of drug-likeness (QED) is 0.223.